The fraction of sp³-hybridized carbons (Fsp3) is 0.375. The van der Waals surface area contributed by atoms with E-state index in [1.807, 2.05) is 25.1 Å². The molecule has 1 aromatic rings. The summed E-state index contributed by atoms with van der Waals surface area (Å²) in [7, 11) is 0. The maximum absolute atomic E-state index is 11.5. The zero-order valence-corrected chi connectivity index (χ0v) is 14.3. The van der Waals surface area contributed by atoms with Crippen molar-refractivity contribution in [2.45, 2.75) is 31.4 Å². The first-order valence-electron chi connectivity index (χ1n) is 7.68. The van der Waals surface area contributed by atoms with E-state index in [4.69, 9.17) is 9.47 Å². The van der Waals surface area contributed by atoms with Gasteiger partial charge in [-0.15, -0.1) is 5.10 Å². The summed E-state index contributed by atoms with van der Waals surface area (Å²) in [5.74, 6) is -0.203. The Morgan fingerprint density at radius 1 is 1.40 bits per heavy atom. The van der Waals surface area contributed by atoms with Gasteiger partial charge in [0, 0.05) is 12.1 Å². The standard InChI is InChI=1S/C16H17N3O5S/c1-9(2-3-10-4-5-11-12(6-10)24-8-23-11)18-19-16-17-14(20)7-13(25-16)15(21)22/h4-6,13H,2-3,7-8H2,1H3,(H,21,22)(H,17,19,20)/p-1/b18-9+/t13-/m1/s1. The second-order valence-corrected chi connectivity index (χ2v) is 6.80. The van der Waals surface area contributed by atoms with Gasteiger partial charge in [0.25, 0.3) is 0 Å². The van der Waals surface area contributed by atoms with Crippen molar-refractivity contribution in [3.8, 4) is 11.5 Å². The summed E-state index contributed by atoms with van der Waals surface area (Å²) in [6.07, 6.45) is 1.29. The van der Waals surface area contributed by atoms with Gasteiger partial charge >= 0.3 is 0 Å². The van der Waals surface area contributed by atoms with Crippen LogP contribution in [0.15, 0.2) is 28.4 Å². The van der Waals surface area contributed by atoms with E-state index in [2.05, 4.69) is 15.5 Å². The lowest BCUT2D eigenvalue weighted by molar-refractivity contribution is -0.304. The van der Waals surface area contributed by atoms with E-state index in [1.54, 1.807) is 0 Å². The number of carboxylic acid groups (broad SMARTS) is 1. The molecule has 9 heteroatoms. The Hall–Kier alpha value is -2.55. The van der Waals surface area contributed by atoms with Gasteiger partial charge in [-0.2, -0.15) is 5.10 Å². The smallest absolute Gasteiger partial charge is 0.231 e. The van der Waals surface area contributed by atoms with Gasteiger partial charge in [-0.05, 0) is 37.5 Å². The third-order valence-corrected chi connectivity index (χ3v) is 4.71. The Kier molecular flexibility index (Phi) is 5.22. The highest BCUT2D eigenvalue weighted by Gasteiger charge is 2.25. The Bertz CT molecular complexity index is 762. The number of benzene rings is 1. The van der Waals surface area contributed by atoms with Crippen molar-refractivity contribution in [2.24, 2.45) is 10.2 Å². The number of aryl methyl sites for hydroxylation is 1. The minimum Gasteiger partial charge on any atom is -0.549 e. The number of thioether (sulfide) groups is 1. The summed E-state index contributed by atoms with van der Waals surface area (Å²) in [6, 6.07) is 5.77. The normalized spacial score (nSPS) is 21.3. The fourth-order valence-corrected chi connectivity index (χ4v) is 3.19. The molecule has 0 aliphatic carbocycles. The summed E-state index contributed by atoms with van der Waals surface area (Å²) in [6.45, 7) is 2.07. The molecule has 1 amide bonds. The third kappa shape index (κ3) is 4.50. The summed E-state index contributed by atoms with van der Waals surface area (Å²) in [4.78, 5) is 22.4. The second-order valence-electron chi connectivity index (χ2n) is 5.61. The van der Waals surface area contributed by atoms with Crippen LogP contribution in [0.25, 0.3) is 0 Å². The number of amidine groups is 1. The van der Waals surface area contributed by atoms with Gasteiger partial charge in [-0.1, -0.05) is 17.8 Å². The average Bonchev–Trinajstić information content (AvgIpc) is 3.05. The number of carboxylic acids is 1. The molecule has 132 valence electrons. The highest BCUT2D eigenvalue weighted by atomic mass is 32.2. The van der Waals surface area contributed by atoms with E-state index in [0.717, 1.165) is 41.0 Å². The van der Waals surface area contributed by atoms with Crippen LogP contribution in [0.4, 0.5) is 0 Å². The Balaban J connectivity index is 1.58. The van der Waals surface area contributed by atoms with Gasteiger partial charge in [0.1, 0.15) is 0 Å². The van der Waals surface area contributed by atoms with E-state index in [0.29, 0.717) is 6.42 Å². The van der Waals surface area contributed by atoms with Crippen LogP contribution in [0.5, 0.6) is 11.5 Å². The van der Waals surface area contributed by atoms with Crippen molar-refractivity contribution in [2.75, 3.05) is 6.79 Å². The van der Waals surface area contributed by atoms with Gasteiger partial charge in [0.05, 0.1) is 11.2 Å². The molecular formula is C16H16N3O5S-. The number of ether oxygens (including phenoxy) is 2. The molecule has 0 radical (unpaired) electrons. The molecule has 3 rings (SSSR count). The Morgan fingerprint density at radius 2 is 2.20 bits per heavy atom. The summed E-state index contributed by atoms with van der Waals surface area (Å²) >= 11 is 0.932. The van der Waals surface area contributed by atoms with Crippen molar-refractivity contribution in [3.63, 3.8) is 0 Å². The number of hydrogen-bond acceptors (Lipinski definition) is 8. The molecule has 25 heavy (non-hydrogen) atoms. The van der Waals surface area contributed by atoms with Gasteiger partial charge in [0.15, 0.2) is 16.7 Å². The molecule has 0 bridgehead atoms. The topological polar surface area (TPSA) is 112 Å². The van der Waals surface area contributed by atoms with Crippen molar-refractivity contribution in [3.05, 3.63) is 23.8 Å². The van der Waals surface area contributed by atoms with E-state index in [1.165, 1.54) is 0 Å². The van der Waals surface area contributed by atoms with Gasteiger partial charge < -0.3 is 24.7 Å². The molecule has 1 N–H and O–H groups in total. The zero-order valence-electron chi connectivity index (χ0n) is 13.5. The monoisotopic (exact) mass is 362 g/mol. The number of carbonyl (C=O) groups excluding carboxylic acids is 2. The van der Waals surface area contributed by atoms with E-state index in [9.17, 15) is 14.7 Å². The van der Waals surface area contributed by atoms with Crippen LogP contribution in [-0.2, 0) is 16.0 Å². The van der Waals surface area contributed by atoms with Crippen LogP contribution >= 0.6 is 11.8 Å². The minimum absolute atomic E-state index is 0.126. The van der Waals surface area contributed by atoms with Crippen LogP contribution < -0.4 is 19.9 Å². The summed E-state index contributed by atoms with van der Waals surface area (Å²) < 4.78 is 10.6. The lowest BCUT2D eigenvalue weighted by Crippen LogP contribution is -2.44. The van der Waals surface area contributed by atoms with E-state index < -0.39 is 17.1 Å². The molecule has 2 heterocycles. The number of aliphatic carboxylic acids is 1. The highest BCUT2D eigenvalue weighted by molar-refractivity contribution is 8.15. The van der Waals surface area contributed by atoms with Crippen LogP contribution in [0.1, 0.15) is 25.3 Å². The van der Waals surface area contributed by atoms with E-state index in [-0.39, 0.29) is 18.4 Å². The molecule has 0 saturated carbocycles. The first-order chi connectivity index (χ1) is 12.0. The number of nitrogens with zero attached hydrogens (tertiary/aromatic N) is 2. The van der Waals surface area contributed by atoms with Crippen molar-refractivity contribution >= 4 is 34.5 Å². The molecule has 1 atom stereocenters. The highest BCUT2D eigenvalue weighted by Crippen LogP contribution is 2.32. The molecule has 8 nitrogen and oxygen atoms in total. The first kappa shape index (κ1) is 17.3. The number of amides is 1. The van der Waals surface area contributed by atoms with Gasteiger partial charge in [-0.25, -0.2) is 0 Å². The number of rotatable bonds is 5. The third-order valence-electron chi connectivity index (χ3n) is 3.66. The Morgan fingerprint density at radius 3 is 3.00 bits per heavy atom. The maximum Gasteiger partial charge on any atom is 0.231 e. The van der Waals surface area contributed by atoms with Crippen LogP contribution in [0.3, 0.4) is 0 Å². The predicted molar refractivity (Wildman–Crippen MR) is 90.6 cm³/mol. The zero-order chi connectivity index (χ0) is 17.8. The molecule has 0 unspecified atom stereocenters. The molecule has 2 aliphatic rings. The largest absolute Gasteiger partial charge is 0.549 e. The van der Waals surface area contributed by atoms with Crippen LogP contribution in [0.2, 0.25) is 0 Å². The number of nitrogens with one attached hydrogen (secondary N) is 1. The van der Waals surface area contributed by atoms with Crippen molar-refractivity contribution in [1.29, 1.82) is 0 Å². The molecular weight excluding hydrogens is 346 g/mol. The molecule has 0 aromatic heterocycles. The van der Waals surface area contributed by atoms with Crippen molar-refractivity contribution in [1.82, 2.24) is 5.32 Å². The van der Waals surface area contributed by atoms with Crippen LogP contribution in [0, 0.1) is 0 Å². The van der Waals surface area contributed by atoms with Gasteiger partial charge in [0.2, 0.25) is 12.7 Å². The average molecular weight is 362 g/mol. The minimum atomic E-state index is -1.28. The molecule has 1 saturated heterocycles. The van der Waals surface area contributed by atoms with Gasteiger partial charge in [-0.3, -0.25) is 4.79 Å². The predicted octanol–water partition coefficient (Wildman–Crippen LogP) is 0.451. The Labute approximate surface area is 148 Å². The SMILES string of the molecule is C/C(CCc1ccc2c(c1)OCO2)=N\N=C1\NC(=O)C[C@H](C(=O)[O-])S1. The summed E-state index contributed by atoms with van der Waals surface area (Å²) in [5, 5.41) is 20.6. The fourth-order valence-electron chi connectivity index (χ4n) is 2.33. The lowest BCUT2D eigenvalue weighted by atomic mass is 10.1. The molecule has 0 spiro atoms. The second kappa shape index (κ2) is 7.56. The van der Waals surface area contributed by atoms with Crippen molar-refractivity contribution < 1.29 is 24.2 Å². The molecule has 2 aliphatic heterocycles. The first-order valence-corrected chi connectivity index (χ1v) is 8.56. The molecule has 1 aromatic carbocycles. The number of hydrogen-bond donors (Lipinski definition) is 1. The molecule has 1 fully saturated rings. The summed E-state index contributed by atoms with van der Waals surface area (Å²) in [5.41, 5.74) is 1.85. The maximum atomic E-state index is 11.5. The quantitative estimate of drug-likeness (QED) is 0.601. The lowest BCUT2D eigenvalue weighted by Gasteiger charge is -2.22. The number of carbonyl (C=O) groups is 2. The van der Waals surface area contributed by atoms with Crippen LogP contribution in [-0.4, -0.2) is 34.8 Å². The van der Waals surface area contributed by atoms with E-state index >= 15 is 0 Å². The number of fused-ring (bicyclic) bond motifs is 1.